The molecule has 1 aromatic rings. The maximum atomic E-state index is 12.0. The van der Waals surface area contributed by atoms with Gasteiger partial charge in [0, 0.05) is 25.2 Å². The first-order chi connectivity index (χ1) is 10.0. The Balaban J connectivity index is 2.21. The average molecular weight is 294 g/mol. The molecule has 21 heavy (non-hydrogen) atoms. The van der Waals surface area contributed by atoms with E-state index in [1.165, 1.54) is 7.11 Å². The number of nitrogens with one attached hydrogen (secondary N) is 1. The number of amides is 1. The van der Waals surface area contributed by atoms with Gasteiger partial charge >= 0.3 is 0 Å². The fourth-order valence-electron chi connectivity index (χ4n) is 2.29. The number of nitrogens with two attached hydrogens (primary N) is 1. The van der Waals surface area contributed by atoms with Gasteiger partial charge in [0.15, 0.2) is 0 Å². The molecule has 0 aliphatic carbocycles. The molecule has 0 aromatic heterocycles. The van der Waals surface area contributed by atoms with E-state index in [1.807, 2.05) is 19.9 Å². The predicted octanol–water partition coefficient (Wildman–Crippen LogP) is 1.32. The summed E-state index contributed by atoms with van der Waals surface area (Å²) in [5, 5.41) is 2.78. The van der Waals surface area contributed by atoms with Crippen molar-refractivity contribution in [2.75, 3.05) is 25.6 Å². The maximum absolute atomic E-state index is 12.0. The van der Waals surface area contributed by atoms with Gasteiger partial charge in [-0.2, -0.15) is 0 Å². The zero-order chi connectivity index (χ0) is 15.4. The van der Waals surface area contributed by atoms with Crippen LogP contribution in [-0.4, -0.2) is 38.4 Å². The van der Waals surface area contributed by atoms with E-state index >= 15 is 0 Å². The van der Waals surface area contributed by atoms with Crippen LogP contribution >= 0.6 is 0 Å². The van der Waals surface area contributed by atoms with Crippen molar-refractivity contribution >= 4 is 11.6 Å². The van der Waals surface area contributed by atoms with Gasteiger partial charge < -0.3 is 25.3 Å². The maximum Gasteiger partial charge on any atom is 0.243 e. The van der Waals surface area contributed by atoms with Gasteiger partial charge in [0.25, 0.3) is 0 Å². The van der Waals surface area contributed by atoms with Crippen molar-refractivity contribution in [2.45, 2.75) is 32.4 Å². The number of carbonyl (C=O) groups is 1. The standard InChI is InChI=1S/C15H22N2O4/c1-4-20-14-6-10-5-9(2)21-13(10)7-12(14)17-15(18)11(16)8-19-3/h6-7,9,11H,4-5,8,16H2,1-3H3,(H,17,18). The third-order valence-corrected chi connectivity index (χ3v) is 3.24. The van der Waals surface area contributed by atoms with Crippen molar-refractivity contribution in [1.82, 2.24) is 0 Å². The molecule has 0 spiro atoms. The predicted molar refractivity (Wildman–Crippen MR) is 79.9 cm³/mol. The zero-order valence-electron chi connectivity index (χ0n) is 12.6. The van der Waals surface area contributed by atoms with Crippen LogP contribution in [0.5, 0.6) is 11.5 Å². The second-order valence-corrected chi connectivity index (χ2v) is 5.07. The van der Waals surface area contributed by atoms with Crippen LogP contribution in [0.1, 0.15) is 19.4 Å². The molecule has 2 unspecified atom stereocenters. The largest absolute Gasteiger partial charge is 0.492 e. The fraction of sp³-hybridized carbons (Fsp3) is 0.533. The van der Waals surface area contributed by atoms with E-state index in [2.05, 4.69) is 5.32 Å². The third kappa shape index (κ3) is 3.65. The quantitative estimate of drug-likeness (QED) is 0.827. The normalized spacial score (nSPS) is 17.8. The van der Waals surface area contributed by atoms with Crippen LogP contribution in [-0.2, 0) is 16.0 Å². The van der Waals surface area contributed by atoms with Crippen LogP contribution in [0, 0.1) is 0 Å². The Hall–Kier alpha value is -1.79. The number of carbonyl (C=O) groups excluding carboxylic acids is 1. The molecule has 3 N–H and O–H groups in total. The number of ether oxygens (including phenoxy) is 3. The lowest BCUT2D eigenvalue weighted by Gasteiger charge is -2.16. The number of hydrogen-bond acceptors (Lipinski definition) is 5. The van der Waals surface area contributed by atoms with Crippen LogP contribution in [0.25, 0.3) is 0 Å². The van der Waals surface area contributed by atoms with E-state index in [-0.39, 0.29) is 18.6 Å². The zero-order valence-corrected chi connectivity index (χ0v) is 12.6. The van der Waals surface area contributed by atoms with Crippen LogP contribution in [0.2, 0.25) is 0 Å². The molecule has 1 heterocycles. The molecule has 2 rings (SSSR count). The van der Waals surface area contributed by atoms with Gasteiger partial charge in [-0.25, -0.2) is 0 Å². The van der Waals surface area contributed by atoms with E-state index in [0.717, 1.165) is 17.7 Å². The first-order valence-electron chi connectivity index (χ1n) is 7.06. The Morgan fingerprint density at radius 1 is 1.57 bits per heavy atom. The van der Waals surface area contributed by atoms with Gasteiger partial charge in [0.2, 0.25) is 5.91 Å². The van der Waals surface area contributed by atoms with Crippen LogP contribution in [0.3, 0.4) is 0 Å². The summed E-state index contributed by atoms with van der Waals surface area (Å²) in [6.07, 6.45) is 0.975. The highest BCUT2D eigenvalue weighted by atomic mass is 16.5. The molecule has 1 aliphatic heterocycles. The molecule has 2 atom stereocenters. The van der Waals surface area contributed by atoms with Gasteiger partial charge in [0.1, 0.15) is 23.6 Å². The number of rotatable bonds is 6. The van der Waals surface area contributed by atoms with Crippen molar-refractivity contribution in [3.63, 3.8) is 0 Å². The van der Waals surface area contributed by atoms with Crippen molar-refractivity contribution in [2.24, 2.45) is 5.73 Å². The number of fused-ring (bicyclic) bond motifs is 1. The number of methoxy groups -OCH3 is 1. The van der Waals surface area contributed by atoms with E-state index in [1.54, 1.807) is 6.07 Å². The molecule has 0 bridgehead atoms. The molecule has 116 valence electrons. The molecule has 0 saturated carbocycles. The molecule has 6 nitrogen and oxygen atoms in total. The fourth-order valence-corrected chi connectivity index (χ4v) is 2.29. The molecule has 0 fully saturated rings. The smallest absolute Gasteiger partial charge is 0.243 e. The minimum Gasteiger partial charge on any atom is -0.492 e. The highest BCUT2D eigenvalue weighted by molar-refractivity contribution is 5.96. The minimum atomic E-state index is -0.724. The Labute approximate surface area is 124 Å². The Kier molecular flexibility index (Phi) is 5.03. The summed E-state index contributed by atoms with van der Waals surface area (Å²) in [7, 11) is 1.50. The van der Waals surface area contributed by atoms with Gasteiger partial charge in [0.05, 0.1) is 18.9 Å². The lowest BCUT2D eigenvalue weighted by atomic mass is 10.1. The number of hydrogen-bond donors (Lipinski definition) is 2. The summed E-state index contributed by atoms with van der Waals surface area (Å²) in [5.41, 5.74) is 7.38. The highest BCUT2D eigenvalue weighted by Crippen LogP contribution is 2.38. The first kappa shape index (κ1) is 15.6. The van der Waals surface area contributed by atoms with Crippen molar-refractivity contribution in [3.05, 3.63) is 17.7 Å². The van der Waals surface area contributed by atoms with E-state index in [0.29, 0.717) is 18.0 Å². The summed E-state index contributed by atoms with van der Waals surface area (Å²) >= 11 is 0. The second-order valence-electron chi connectivity index (χ2n) is 5.07. The van der Waals surface area contributed by atoms with Crippen molar-refractivity contribution < 1.29 is 19.0 Å². The van der Waals surface area contributed by atoms with Crippen LogP contribution in [0.4, 0.5) is 5.69 Å². The molecule has 6 heteroatoms. The summed E-state index contributed by atoms with van der Waals surface area (Å²) in [6, 6.07) is 2.98. The van der Waals surface area contributed by atoms with Crippen LogP contribution in [0.15, 0.2) is 12.1 Å². The Bertz CT molecular complexity index is 519. The molecular weight excluding hydrogens is 272 g/mol. The minimum absolute atomic E-state index is 0.135. The van der Waals surface area contributed by atoms with Crippen molar-refractivity contribution in [1.29, 1.82) is 0 Å². The number of benzene rings is 1. The first-order valence-corrected chi connectivity index (χ1v) is 7.06. The average Bonchev–Trinajstić information content (AvgIpc) is 2.78. The molecule has 1 amide bonds. The topological polar surface area (TPSA) is 82.8 Å². The molecule has 1 aromatic carbocycles. The Morgan fingerprint density at radius 3 is 3.00 bits per heavy atom. The van der Waals surface area contributed by atoms with Gasteiger partial charge in [-0.05, 0) is 19.9 Å². The van der Waals surface area contributed by atoms with Gasteiger partial charge in [-0.3, -0.25) is 4.79 Å². The summed E-state index contributed by atoms with van der Waals surface area (Å²) in [4.78, 5) is 12.0. The van der Waals surface area contributed by atoms with E-state index < -0.39 is 6.04 Å². The SMILES string of the molecule is CCOc1cc2c(cc1NC(=O)C(N)COC)OC(C)C2. The van der Waals surface area contributed by atoms with Gasteiger partial charge in [-0.15, -0.1) is 0 Å². The highest BCUT2D eigenvalue weighted by Gasteiger charge is 2.23. The summed E-state index contributed by atoms with van der Waals surface area (Å²) < 4.78 is 16.2. The molecular formula is C15H22N2O4. The van der Waals surface area contributed by atoms with Crippen LogP contribution < -0.4 is 20.5 Å². The number of anilines is 1. The molecule has 0 radical (unpaired) electrons. The summed E-state index contributed by atoms with van der Waals surface area (Å²) in [6.45, 7) is 4.58. The Morgan fingerprint density at radius 2 is 2.33 bits per heavy atom. The van der Waals surface area contributed by atoms with E-state index in [9.17, 15) is 4.79 Å². The van der Waals surface area contributed by atoms with Crippen molar-refractivity contribution in [3.8, 4) is 11.5 Å². The second kappa shape index (κ2) is 6.78. The third-order valence-electron chi connectivity index (χ3n) is 3.24. The van der Waals surface area contributed by atoms with E-state index in [4.69, 9.17) is 19.9 Å². The van der Waals surface area contributed by atoms with Gasteiger partial charge in [-0.1, -0.05) is 0 Å². The monoisotopic (exact) mass is 294 g/mol. The lowest BCUT2D eigenvalue weighted by Crippen LogP contribution is -2.39. The molecule has 1 aliphatic rings. The lowest BCUT2D eigenvalue weighted by molar-refractivity contribution is -0.118. The summed E-state index contributed by atoms with van der Waals surface area (Å²) in [5.74, 6) is 1.09. The molecule has 0 saturated heterocycles.